The number of Topliss-reactive ketones (excluding diaryl/α,β-unsaturated/α-hetero) is 1. The van der Waals surface area contributed by atoms with Crippen molar-refractivity contribution in [3.8, 4) is 5.75 Å². The molecule has 2 atom stereocenters. The first-order chi connectivity index (χ1) is 11.8. The van der Waals surface area contributed by atoms with Crippen LogP contribution in [0.5, 0.6) is 5.75 Å². The molecule has 4 rings (SSSR count). The highest BCUT2D eigenvalue weighted by molar-refractivity contribution is 6.02. The van der Waals surface area contributed by atoms with Crippen LogP contribution in [0.25, 0.3) is 16.3 Å². The third-order valence-corrected chi connectivity index (χ3v) is 6.00. The first-order valence-corrected chi connectivity index (χ1v) is 8.36. The number of benzene rings is 2. The number of carbonyl (C=O) groups excluding carboxylic acids is 1. The summed E-state index contributed by atoms with van der Waals surface area (Å²) in [6, 6.07) is 9.22. The van der Waals surface area contributed by atoms with Gasteiger partial charge in [0.15, 0.2) is 11.4 Å². The zero-order valence-electron chi connectivity index (χ0n) is 14.0. The highest BCUT2D eigenvalue weighted by Crippen LogP contribution is 2.59. The number of aromatic hydroxyl groups is 1. The smallest absolute Gasteiger partial charge is 0.195 e. The van der Waals surface area contributed by atoms with Gasteiger partial charge in [0.25, 0.3) is 0 Å². The van der Waals surface area contributed by atoms with Crippen molar-refractivity contribution in [2.45, 2.75) is 25.4 Å². The number of hydrogen-bond acceptors (Lipinski definition) is 4. The minimum atomic E-state index is -1.77. The van der Waals surface area contributed by atoms with Crippen molar-refractivity contribution in [2.75, 3.05) is 6.61 Å². The van der Waals surface area contributed by atoms with Crippen molar-refractivity contribution in [2.24, 2.45) is 5.41 Å². The van der Waals surface area contributed by atoms with Crippen molar-refractivity contribution < 1.29 is 20.1 Å². The number of phenols is 1. The van der Waals surface area contributed by atoms with E-state index in [4.69, 9.17) is 0 Å². The molecule has 4 heteroatoms. The molecule has 0 heterocycles. The van der Waals surface area contributed by atoms with E-state index in [0.29, 0.717) is 18.4 Å². The Balaban J connectivity index is 1.94. The number of ketones is 1. The summed E-state index contributed by atoms with van der Waals surface area (Å²) in [5, 5.41) is 32.2. The molecule has 0 unspecified atom stereocenters. The number of hydrogen-bond donors (Lipinski definition) is 3. The van der Waals surface area contributed by atoms with E-state index >= 15 is 0 Å². The fourth-order valence-electron chi connectivity index (χ4n) is 4.56. The molecule has 0 saturated carbocycles. The summed E-state index contributed by atoms with van der Waals surface area (Å²) >= 11 is 0. The number of fused-ring (bicyclic) bond motifs is 5. The highest BCUT2D eigenvalue weighted by atomic mass is 16.3. The molecule has 2 aromatic carbocycles. The van der Waals surface area contributed by atoms with E-state index in [9.17, 15) is 20.1 Å². The Morgan fingerprint density at radius 1 is 1.28 bits per heavy atom. The third-order valence-electron chi connectivity index (χ3n) is 6.00. The molecule has 2 aliphatic carbocycles. The lowest BCUT2D eigenvalue weighted by Crippen LogP contribution is -2.53. The van der Waals surface area contributed by atoms with Crippen molar-refractivity contribution in [3.63, 3.8) is 0 Å². The van der Waals surface area contributed by atoms with Crippen LogP contribution >= 0.6 is 0 Å². The average molecular weight is 336 g/mol. The first-order valence-electron chi connectivity index (χ1n) is 8.36. The van der Waals surface area contributed by atoms with Crippen LogP contribution in [-0.2, 0) is 11.2 Å². The van der Waals surface area contributed by atoms with Crippen molar-refractivity contribution in [1.82, 2.24) is 0 Å². The van der Waals surface area contributed by atoms with Gasteiger partial charge in [-0.1, -0.05) is 37.8 Å². The largest absolute Gasteiger partial charge is 0.508 e. The Hall–Kier alpha value is -2.43. The molecule has 4 nitrogen and oxygen atoms in total. The minimum Gasteiger partial charge on any atom is -0.508 e. The SMILES string of the molecule is C=C1C=C2c3ccc4cc(O)ccc4c3CC[C@]2(C)[C@@]1(O)C(=O)CO. The molecule has 0 radical (unpaired) electrons. The fourth-order valence-corrected chi connectivity index (χ4v) is 4.56. The summed E-state index contributed by atoms with van der Waals surface area (Å²) in [6.07, 6.45) is 3.06. The molecule has 3 N–H and O–H groups in total. The Morgan fingerprint density at radius 2 is 2.04 bits per heavy atom. The van der Waals surface area contributed by atoms with Gasteiger partial charge in [0, 0.05) is 5.41 Å². The van der Waals surface area contributed by atoms with Crippen LogP contribution in [0.4, 0.5) is 0 Å². The second-order valence-electron chi connectivity index (χ2n) is 7.20. The molecule has 2 aliphatic rings. The molecule has 0 fully saturated rings. The van der Waals surface area contributed by atoms with Gasteiger partial charge in [0.05, 0.1) is 0 Å². The first kappa shape index (κ1) is 16.1. The van der Waals surface area contributed by atoms with E-state index in [-0.39, 0.29) is 5.75 Å². The van der Waals surface area contributed by atoms with Gasteiger partial charge in [0.1, 0.15) is 12.4 Å². The summed E-state index contributed by atoms with van der Waals surface area (Å²) < 4.78 is 0. The maximum atomic E-state index is 12.3. The third kappa shape index (κ3) is 1.86. The fraction of sp³-hybridized carbons (Fsp3) is 0.286. The summed E-state index contributed by atoms with van der Waals surface area (Å²) in [7, 11) is 0. The van der Waals surface area contributed by atoms with Gasteiger partial charge in [-0.25, -0.2) is 0 Å². The molecule has 0 saturated heterocycles. The van der Waals surface area contributed by atoms with Crippen LogP contribution in [0.3, 0.4) is 0 Å². The quantitative estimate of drug-likeness (QED) is 0.788. The van der Waals surface area contributed by atoms with Crippen LogP contribution in [-0.4, -0.2) is 33.3 Å². The summed E-state index contributed by atoms with van der Waals surface area (Å²) in [5.41, 5.74) is 0.797. The lowest BCUT2D eigenvalue weighted by molar-refractivity contribution is -0.144. The number of aliphatic hydroxyl groups is 2. The molecule has 0 amide bonds. The van der Waals surface area contributed by atoms with E-state index in [2.05, 4.69) is 6.58 Å². The number of aryl methyl sites for hydroxylation is 1. The van der Waals surface area contributed by atoms with Gasteiger partial charge in [-0.15, -0.1) is 0 Å². The van der Waals surface area contributed by atoms with Crippen LogP contribution in [0.1, 0.15) is 24.5 Å². The second-order valence-corrected chi connectivity index (χ2v) is 7.20. The van der Waals surface area contributed by atoms with Crippen LogP contribution in [0.2, 0.25) is 0 Å². The van der Waals surface area contributed by atoms with Gasteiger partial charge in [-0.3, -0.25) is 4.79 Å². The van der Waals surface area contributed by atoms with Gasteiger partial charge < -0.3 is 15.3 Å². The van der Waals surface area contributed by atoms with Crippen molar-refractivity contribution in [3.05, 3.63) is 59.7 Å². The van der Waals surface area contributed by atoms with E-state index in [1.807, 2.05) is 25.1 Å². The molecule has 0 bridgehead atoms. The number of carbonyl (C=O) groups is 1. The van der Waals surface area contributed by atoms with Gasteiger partial charge in [0.2, 0.25) is 0 Å². The predicted molar refractivity (Wildman–Crippen MR) is 96.2 cm³/mol. The van der Waals surface area contributed by atoms with E-state index in [1.54, 1.807) is 18.2 Å². The summed E-state index contributed by atoms with van der Waals surface area (Å²) in [4.78, 5) is 12.3. The minimum absolute atomic E-state index is 0.226. The number of rotatable bonds is 2. The highest BCUT2D eigenvalue weighted by Gasteiger charge is 2.60. The lowest BCUT2D eigenvalue weighted by atomic mass is 9.61. The second kappa shape index (κ2) is 5.04. The normalized spacial score (nSPS) is 27.8. The molecule has 0 aromatic heterocycles. The van der Waals surface area contributed by atoms with E-state index in [1.165, 1.54) is 0 Å². The Labute approximate surface area is 145 Å². The number of phenolic OH excluding ortho intramolecular Hbond substituents is 1. The summed E-state index contributed by atoms with van der Waals surface area (Å²) in [5.74, 6) is -0.384. The zero-order valence-corrected chi connectivity index (χ0v) is 14.0. The topological polar surface area (TPSA) is 77.8 Å². The maximum Gasteiger partial charge on any atom is 0.195 e. The molecule has 25 heavy (non-hydrogen) atoms. The molecule has 0 spiro atoms. The van der Waals surface area contributed by atoms with Gasteiger partial charge in [-0.2, -0.15) is 0 Å². The maximum absolute atomic E-state index is 12.3. The lowest BCUT2D eigenvalue weighted by Gasteiger charge is -2.44. The average Bonchev–Trinajstić information content (AvgIpc) is 2.81. The zero-order chi connectivity index (χ0) is 18.0. The molecule has 128 valence electrons. The molecule has 0 aliphatic heterocycles. The Morgan fingerprint density at radius 3 is 2.76 bits per heavy atom. The molecular formula is C21H20O4. The van der Waals surface area contributed by atoms with E-state index < -0.39 is 23.4 Å². The summed E-state index contributed by atoms with van der Waals surface area (Å²) in [6.45, 7) is 5.06. The molecular weight excluding hydrogens is 316 g/mol. The monoisotopic (exact) mass is 336 g/mol. The van der Waals surface area contributed by atoms with Crippen LogP contribution < -0.4 is 0 Å². The van der Waals surface area contributed by atoms with Crippen molar-refractivity contribution >= 4 is 22.1 Å². The predicted octanol–water partition coefficient (Wildman–Crippen LogP) is 2.74. The van der Waals surface area contributed by atoms with Crippen LogP contribution in [0.15, 0.2) is 48.6 Å². The van der Waals surface area contributed by atoms with E-state index in [0.717, 1.165) is 27.5 Å². The van der Waals surface area contributed by atoms with Crippen LogP contribution in [0, 0.1) is 5.41 Å². The molecule has 2 aromatic rings. The number of aliphatic hydroxyl groups excluding tert-OH is 1. The van der Waals surface area contributed by atoms with Gasteiger partial charge in [-0.05, 0) is 58.0 Å². The Kier molecular flexibility index (Phi) is 3.24. The van der Waals surface area contributed by atoms with Crippen molar-refractivity contribution in [1.29, 1.82) is 0 Å². The Bertz CT molecular complexity index is 971. The van der Waals surface area contributed by atoms with Gasteiger partial charge >= 0.3 is 0 Å². The standard InChI is InChI=1S/C21H20O4/c1-12-9-18-17-5-3-13-10-14(23)4-6-15(13)16(17)7-8-20(18,2)21(12,25)19(24)11-22/h3-6,9-10,22-23,25H,1,7-8,11H2,2H3/t20-,21-/m0/s1.